The maximum Gasteiger partial charge on any atom is 0.169 e. The molecule has 0 saturated heterocycles. The predicted molar refractivity (Wildman–Crippen MR) is 61.1 cm³/mol. The number of rotatable bonds is 4. The average molecular weight is 241 g/mol. The Morgan fingerprint density at radius 1 is 1.41 bits per heavy atom. The van der Waals surface area contributed by atoms with Gasteiger partial charge in [-0.2, -0.15) is 0 Å². The molecule has 17 heavy (non-hydrogen) atoms. The van der Waals surface area contributed by atoms with Crippen LogP contribution in [-0.4, -0.2) is 25.9 Å². The van der Waals surface area contributed by atoms with Crippen LogP contribution in [0.5, 0.6) is 17.2 Å². The van der Waals surface area contributed by atoms with E-state index in [1.54, 1.807) is 0 Å². The first kappa shape index (κ1) is 12.0. The van der Waals surface area contributed by atoms with Crippen LogP contribution in [0.3, 0.4) is 0 Å². The fraction of sp³-hybridized carbons (Fsp3) is 0.500. The molecule has 1 saturated carbocycles. The molecule has 0 aromatic heterocycles. The molecule has 1 fully saturated rings. The number of methoxy groups -OCH3 is 2. The topological polar surface area (TPSA) is 64.7 Å². The molecule has 1 aliphatic rings. The summed E-state index contributed by atoms with van der Waals surface area (Å²) in [6, 6.07) is 1.12. The summed E-state index contributed by atoms with van der Waals surface area (Å²) in [4.78, 5) is 0. The molecule has 4 nitrogen and oxygen atoms in total. The molecular weight excluding hydrogens is 225 g/mol. The van der Waals surface area contributed by atoms with Gasteiger partial charge in [0, 0.05) is 18.0 Å². The zero-order valence-electron chi connectivity index (χ0n) is 9.92. The van der Waals surface area contributed by atoms with Crippen LogP contribution in [-0.2, 0) is 5.41 Å². The van der Waals surface area contributed by atoms with Crippen LogP contribution in [0, 0.1) is 5.82 Å². The van der Waals surface area contributed by atoms with Gasteiger partial charge in [-0.3, -0.25) is 0 Å². The molecule has 94 valence electrons. The minimum Gasteiger partial charge on any atom is -0.505 e. The summed E-state index contributed by atoms with van der Waals surface area (Å²) >= 11 is 0. The summed E-state index contributed by atoms with van der Waals surface area (Å²) in [5.41, 5.74) is 5.76. The smallest absolute Gasteiger partial charge is 0.169 e. The number of benzene rings is 1. The minimum absolute atomic E-state index is 0.275. The summed E-state index contributed by atoms with van der Waals surface area (Å²) in [6.07, 6.45) is 1.64. The fourth-order valence-corrected chi connectivity index (χ4v) is 2.15. The van der Waals surface area contributed by atoms with Crippen molar-refractivity contribution in [2.45, 2.75) is 18.3 Å². The van der Waals surface area contributed by atoms with Crippen molar-refractivity contribution in [3.05, 3.63) is 17.4 Å². The summed E-state index contributed by atoms with van der Waals surface area (Å²) < 4.78 is 23.9. The fourth-order valence-electron chi connectivity index (χ4n) is 2.15. The van der Waals surface area contributed by atoms with E-state index in [1.807, 2.05) is 0 Å². The van der Waals surface area contributed by atoms with Crippen molar-refractivity contribution in [2.24, 2.45) is 5.73 Å². The Balaban J connectivity index is 2.66. The molecular formula is C12H16FNO3. The second-order valence-corrected chi connectivity index (χ2v) is 4.30. The summed E-state index contributed by atoms with van der Waals surface area (Å²) in [6.45, 7) is 0.351. The van der Waals surface area contributed by atoms with Crippen molar-refractivity contribution in [1.29, 1.82) is 0 Å². The monoisotopic (exact) mass is 241 g/mol. The van der Waals surface area contributed by atoms with Crippen molar-refractivity contribution in [3.8, 4) is 17.2 Å². The normalized spacial score (nSPS) is 16.7. The number of hydrogen-bond donors (Lipinski definition) is 2. The highest BCUT2D eigenvalue weighted by Gasteiger charge is 2.48. The zero-order chi connectivity index (χ0) is 12.6. The summed E-state index contributed by atoms with van der Waals surface area (Å²) in [5, 5.41) is 9.87. The lowest BCUT2D eigenvalue weighted by Crippen LogP contribution is -2.21. The van der Waals surface area contributed by atoms with E-state index in [1.165, 1.54) is 14.2 Å². The Hall–Kier alpha value is -1.49. The van der Waals surface area contributed by atoms with Crippen molar-refractivity contribution in [3.63, 3.8) is 0 Å². The van der Waals surface area contributed by atoms with Gasteiger partial charge in [0.25, 0.3) is 0 Å². The van der Waals surface area contributed by atoms with Crippen LogP contribution in [0.1, 0.15) is 18.4 Å². The van der Waals surface area contributed by atoms with E-state index in [2.05, 4.69) is 0 Å². The van der Waals surface area contributed by atoms with Crippen molar-refractivity contribution in [2.75, 3.05) is 20.8 Å². The van der Waals surface area contributed by atoms with Gasteiger partial charge in [0.2, 0.25) is 0 Å². The van der Waals surface area contributed by atoms with Gasteiger partial charge in [-0.25, -0.2) is 4.39 Å². The molecule has 0 aliphatic heterocycles. The predicted octanol–water partition coefficient (Wildman–Crippen LogP) is 1.54. The van der Waals surface area contributed by atoms with E-state index >= 15 is 0 Å². The third-order valence-electron chi connectivity index (χ3n) is 3.37. The summed E-state index contributed by atoms with van der Waals surface area (Å²) in [5.74, 6) is -0.449. The van der Waals surface area contributed by atoms with Gasteiger partial charge in [-0.05, 0) is 12.8 Å². The van der Waals surface area contributed by atoms with Gasteiger partial charge < -0.3 is 20.3 Å². The molecule has 2 rings (SSSR count). The second kappa shape index (κ2) is 4.07. The van der Waals surface area contributed by atoms with Crippen LogP contribution in [0.15, 0.2) is 6.07 Å². The number of phenolic OH excluding ortho intramolecular Hbond substituents is 1. The molecule has 1 aromatic carbocycles. The van der Waals surface area contributed by atoms with Crippen LogP contribution in [0.4, 0.5) is 4.39 Å². The number of phenols is 1. The average Bonchev–Trinajstić information content (AvgIpc) is 3.12. The van der Waals surface area contributed by atoms with Crippen molar-refractivity contribution >= 4 is 0 Å². The molecule has 3 N–H and O–H groups in total. The van der Waals surface area contributed by atoms with Gasteiger partial charge in [-0.1, -0.05) is 0 Å². The Bertz CT molecular complexity index is 444. The van der Waals surface area contributed by atoms with Crippen LogP contribution >= 0.6 is 0 Å². The lowest BCUT2D eigenvalue weighted by atomic mass is 9.93. The quantitative estimate of drug-likeness (QED) is 0.839. The molecule has 0 spiro atoms. The summed E-state index contributed by atoms with van der Waals surface area (Å²) in [7, 11) is 2.89. The van der Waals surface area contributed by atoms with E-state index in [0.29, 0.717) is 17.9 Å². The van der Waals surface area contributed by atoms with E-state index in [9.17, 15) is 9.50 Å². The van der Waals surface area contributed by atoms with E-state index in [0.717, 1.165) is 18.9 Å². The first-order valence-corrected chi connectivity index (χ1v) is 5.43. The van der Waals surface area contributed by atoms with Gasteiger partial charge in [0.15, 0.2) is 23.1 Å². The largest absolute Gasteiger partial charge is 0.505 e. The number of nitrogens with two attached hydrogens (primary N) is 1. The molecule has 0 radical (unpaired) electrons. The third kappa shape index (κ3) is 1.70. The third-order valence-corrected chi connectivity index (χ3v) is 3.37. The Morgan fingerprint density at radius 3 is 2.47 bits per heavy atom. The molecule has 0 amide bonds. The molecule has 1 aromatic rings. The van der Waals surface area contributed by atoms with Gasteiger partial charge in [0.1, 0.15) is 0 Å². The van der Waals surface area contributed by atoms with Crippen molar-refractivity contribution < 1.29 is 19.0 Å². The molecule has 0 bridgehead atoms. The van der Waals surface area contributed by atoms with Crippen molar-refractivity contribution in [1.82, 2.24) is 0 Å². The number of hydrogen-bond acceptors (Lipinski definition) is 4. The lowest BCUT2D eigenvalue weighted by Gasteiger charge is -2.20. The van der Waals surface area contributed by atoms with Gasteiger partial charge >= 0.3 is 0 Å². The Labute approximate surface area is 99.1 Å². The molecule has 1 aliphatic carbocycles. The molecule has 0 atom stereocenters. The van der Waals surface area contributed by atoms with Crippen LogP contribution < -0.4 is 15.2 Å². The standard InChI is InChI=1S/C12H16FNO3/c1-16-8-5-7(13)10(15)9(11(8)17-2)12(6-14)3-4-12/h5,15H,3-4,6,14H2,1-2H3. The first-order valence-electron chi connectivity index (χ1n) is 5.43. The maximum absolute atomic E-state index is 13.6. The van der Waals surface area contributed by atoms with Crippen LogP contribution in [0.25, 0.3) is 0 Å². The first-order chi connectivity index (χ1) is 8.09. The Morgan fingerprint density at radius 2 is 2.06 bits per heavy atom. The number of ether oxygens (including phenoxy) is 2. The second-order valence-electron chi connectivity index (χ2n) is 4.30. The van der Waals surface area contributed by atoms with Gasteiger partial charge in [0.05, 0.1) is 19.8 Å². The van der Waals surface area contributed by atoms with E-state index < -0.39 is 5.82 Å². The SMILES string of the molecule is COc1cc(F)c(O)c(C2(CN)CC2)c1OC. The maximum atomic E-state index is 13.6. The zero-order valence-corrected chi connectivity index (χ0v) is 9.92. The highest BCUT2D eigenvalue weighted by Crippen LogP contribution is 2.56. The molecule has 5 heteroatoms. The number of aromatic hydroxyl groups is 1. The Kier molecular flexibility index (Phi) is 2.87. The highest BCUT2D eigenvalue weighted by atomic mass is 19.1. The van der Waals surface area contributed by atoms with Gasteiger partial charge in [-0.15, -0.1) is 0 Å². The molecule has 0 heterocycles. The minimum atomic E-state index is -0.711. The van der Waals surface area contributed by atoms with Crippen LogP contribution in [0.2, 0.25) is 0 Å². The lowest BCUT2D eigenvalue weighted by molar-refractivity contribution is 0.334. The highest BCUT2D eigenvalue weighted by molar-refractivity contribution is 5.59. The van der Waals surface area contributed by atoms with E-state index in [-0.39, 0.29) is 16.9 Å². The number of halogens is 1. The molecule has 0 unspecified atom stereocenters. The van der Waals surface area contributed by atoms with E-state index in [4.69, 9.17) is 15.2 Å².